The lowest BCUT2D eigenvalue weighted by Gasteiger charge is -2.16. The summed E-state index contributed by atoms with van der Waals surface area (Å²) < 4.78 is 0. The van der Waals surface area contributed by atoms with Gasteiger partial charge in [-0.3, -0.25) is 9.59 Å². The number of carbonyl (C=O) groups is 2. The number of para-hydroxylation sites is 1. The van der Waals surface area contributed by atoms with Crippen LogP contribution >= 0.6 is 24.0 Å². The van der Waals surface area contributed by atoms with Crippen molar-refractivity contribution in [2.24, 2.45) is 5.73 Å². The van der Waals surface area contributed by atoms with Gasteiger partial charge in [-0.25, -0.2) is 4.98 Å². The zero-order chi connectivity index (χ0) is 21.1. The lowest BCUT2D eigenvalue weighted by atomic mass is 10.1. The number of aromatic nitrogens is 2. The van der Waals surface area contributed by atoms with Crippen LogP contribution in [0.4, 0.5) is 28.8 Å². The van der Waals surface area contributed by atoms with Gasteiger partial charge in [0.1, 0.15) is 5.02 Å². The Morgan fingerprint density at radius 2 is 1.84 bits per heavy atom. The van der Waals surface area contributed by atoms with Gasteiger partial charge >= 0.3 is 0 Å². The summed E-state index contributed by atoms with van der Waals surface area (Å²) in [6.07, 6.45) is 2.93. The normalized spacial score (nSPS) is 12.9. The minimum absolute atomic E-state index is 0. The third kappa shape index (κ3) is 5.04. The Hall–Kier alpha value is -3.36. The van der Waals surface area contributed by atoms with Crippen molar-refractivity contribution in [3.05, 3.63) is 65.3 Å². The van der Waals surface area contributed by atoms with Crippen LogP contribution in [0, 0.1) is 0 Å². The highest BCUT2D eigenvalue weighted by molar-refractivity contribution is 6.33. The minimum atomic E-state index is -0.557. The first-order chi connectivity index (χ1) is 14.5. The summed E-state index contributed by atoms with van der Waals surface area (Å²) in [5, 5.41) is 6.43. The molecule has 0 spiro atoms. The molecule has 0 aliphatic carbocycles. The van der Waals surface area contributed by atoms with E-state index < -0.39 is 5.91 Å². The third-order valence-corrected chi connectivity index (χ3v) is 4.97. The molecule has 0 saturated carbocycles. The molecule has 2 amide bonds. The van der Waals surface area contributed by atoms with Crippen molar-refractivity contribution in [2.45, 2.75) is 12.8 Å². The number of anilines is 5. The van der Waals surface area contributed by atoms with Gasteiger partial charge in [0.05, 0.1) is 17.4 Å². The number of hydrogen-bond acceptors (Lipinski definition) is 6. The van der Waals surface area contributed by atoms with Crippen molar-refractivity contribution in [1.29, 1.82) is 0 Å². The highest BCUT2D eigenvalue weighted by Crippen LogP contribution is 2.28. The van der Waals surface area contributed by atoms with Gasteiger partial charge in [0.25, 0.3) is 5.91 Å². The molecule has 1 fully saturated rings. The fraction of sp³-hybridized carbons (Fsp3) is 0.143. The second-order valence-corrected chi connectivity index (χ2v) is 7.15. The van der Waals surface area contributed by atoms with Crippen LogP contribution in [0.1, 0.15) is 23.2 Å². The zero-order valence-corrected chi connectivity index (χ0v) is 17.9. The van der Waals surface area contributed by atoms with Crippen LogP contribution in [-0.4, -0.2) is 28.3 Å². The Balaban J connectivity index is 0.00000272. The molecule has 1 aromatic heterocycles. The maximum Gasteiger partial charge on any atom is 0.250 e. The molecule has 1 aliphatic heterocycles. The van der Waals surface area contributed by atoms with E-state index in [4.69, 9.17) is 17.3 Å². The number of amides is 2. The summed E-state index contributed by atoms with van der Waals surface area (Å²) in [5.41, 5.74) is 7.87. The van der Waals surface area contributed by atoms with Crippen LogP contribution in [0.15, 0.2) is 54.7 Å². The number of hydrogen-bond donors (Lipinski definition) is 3. The number of nitrogens with zero attached hydrogens (tertiary/aromatic N) is 3. The summed E-state index contributed by atoms with van der Waals surface area (Å²) in [7, 11) is 0. The number of nitrogens with two attached hydrogens (primary N) is 1. The molecule has 10 heteroatoms. The standard InChI is InChI=1S/C21H19ClN6O2.ClH/c22-16-12-24-21(27-20(16)26-17-5-2-1-4-15(17)19(23)30)25-13-7-9-14(10-8-13)28-11-3-6-18(28)29;/h1-2,4-5,7-10,12H,3,6,11H2,(H2,23,30)(H2,24,25,26,27);1H. The number of halogens is 2. The SMILES string of the molecule is Cl.NC(=O)c1ccccc1Nc1nc(Nc2ccc(N3CCCC3=O)cc2)ncc1Cl. The van der Waals surface area contributed by atoms with Crippen LogP contribution in [0.25, 0.3) is 0 Å². The molecule has 31 heavy (non-hydrogen) atoms. The number of benzene rings is 2. The third-order valence-electron chi connectivity index (χ3n) is 4.70. The van der Waals surface area contributed by atoms with Gasteiger partial charge in [-0.1, -0.05) is 23.7 Å². The van der Waals surface area contributed by atoms with E-state index in [1.54, 1.807) is 29.2 Å². The van der Waals surface area contributed by atoms with Gasteiger partial charge in [0.15, 0.2) is 5.82 Å². The Kier molecular flexibility index (Phi) is 6.94. The van der Waals surface area contributed by atoms with E-state index in [9.17, 15) is 9.59 Å². The van der Waals surface area contributed by atoms with Gasteiger partial charge in [-0.15, -0.1) is 12.4 Å². The van der Waals surface area contributed by atoms with Gasteiger partial charge in [-0.05, 0) is 42.8 Å². The predicted octanol–water partition coefficient (Wildman–Crippen LogP) is 4.26. The lowest BCUT2D eigenvalue weighted by Crippen LogP contribution is -2.23. The number of nitrogens with one attached hydrogen (secondary N) is 2. The Morgan fingerprint density at radius 1 is 1.10 bits per heavy atom. The van der Waals surface area contributed by atoms with E-state index >= 15 is 0 Å². The lowest BCUT2D eigenvalue weighted by molar-refractivity contribution is -0.117. The second kappa shape index (κ2) is 9.63. The van der Waals surface area contributed by atoms with Crippen molar-refractivity contribution >= 4 is 64.7 Å². The first-order valence-electron chi connectivity index (χ1n) is 9.37. The van der Waals surface area contributed by atoms with Crippen molar-refractivity contribution in [3.63, 3.8) is 0 Å². The molecule has 4 rings (SSSR count). The van der Waals surface area contributed by atoms with Crippen LogP contribution in [-0.2, 0) is 4.79 Å². The molecule has 0 unspecified atom stereocenters. The number of primary amides is 1. The monoisotopic (exact) mass is 458 g/mol. The molecule has 2 aromatic carbocycles. The topological polar surface area (TPSA) is 113 Å². The Bertz CT molecular complexity index is 1110. The van der Waals surface area contributed by atoms with E-state index in [-0.39, 0.29) is 18.3 Å². The smallest absolute Gasteiger partial charge is 0.250 e. The van der Waals surface area contributed by atoms with Crippen LogP contribution in [0.2, 0.25) is 5.02 Å². The first-order valence-corrected chi connectivity index (χ1v) is 9.75. The molecule has 1 aliphatic rings. The molecule has 8 nitrogen and oxygen atoms in total. The largest absolute Gasteiger partial charge is 0.366 e. The second-order valence-electron chi connectivity index (χ2n) is 6.75. The molecule has 0 atom stereocenters. The summed E-state index contributed by atoms with van der Waals surface area (Å²) in [6.45, 7) is 0.744. The van der Waals surface area contributed by atoms with E-state index in [1.807, 2.05) is 24.3 Å². The van der Waals surface area contributed by atoms with Crippen LogP contribution in [0.5, 0.6) is 0 Å². The summed E-state index contributed by atoms with van der Waals surface area (Å²) in [5.74, 6) is 0.243. The highest BCUT2D eigenvalue weighted by Gasteiger charge is 2.21. The summed E-state index contributed by atoms with van der Waals surface area (Å²) >= 11 is 6.22. The van der Waals surface area contributed by atoms with Gasteiger partial charge in [0, 0.05) is 24.3 Å². The molecule has 3 aromatic rings. The van der Waals surface area contributed by atoms with E-state index in [2.05, 4.69) is 20.6 Å². The molecule has 0 radical (unpaired) electrons. The number of rotatable bonds is 6. The van der Waals surface area contributed by atoms with Crippen LogP contribution < -0.4 is 21.3 Å². The van der Waals surface area contributed by atoms with Crippen molar-refractivity contribution in [1.82, 2.24) is 9.97 Å². The molecule has 160 valence electrons. The Labute approximate surface area is 190 Å². The molecule has 0 bridgehead atoms. The first kappa shape index (κ1) is 22.3. The van der Waals surface area contributed by atoms with Crippen molar-refractivity contribution < 1.29 is 9.59 Å². The van der Waals surface area contributed by atoms with Gasteiger partial charge < -0.3 is 21.3 Å². The van der Waals surface area contributed by atoms with E-state index in [0.717, 1.165) is 24.3 Å². The van der Waals surface area contributed by atoms with Crippen molar-refractivity contribution in [3.8, 4) is 0 Å². The molecule has 2 heterocycles. The van der Waals surface area contributed by atoms with Crippen LogP contribution in [0.3, 0.4) is 0 Å². The molecule has 1 saturated heterocycles. The average molecular weight is 459 g/mol. The highest BCUT2D eigenvalue weighted by atomic mass is 35.5. The maximum absolute atomic E-state index is 11.9. The Morgan fingerprint density at radius 3 is 2.52 bits per heavy atom. The average Bonchev–Trinajstić information content (AvgIpc) is 3.17. The predicted molar refractivity (Wildman–Crippen MR) is 124 cm³/mol. The van der Waals surface area contributed by atoms with E-state index in [0.29, 0.717) is 34.5 Å². The maximum atomic E-state index is 11.9. The fourth-order valence-electron chi connectivity index (χ4n) is 3.22. The summed E-state index contributed by atoms with van der Waals surface area (Å²) in [4.78, 5) is 33.9. The minimum Gasteiger partial charge on any atom is -0.366 e. The van der Waals surface area contributed by atoms with Crippen molar-refractivity contribution in [2.75, 3.05) is 22.1 Å². The fourth-order valence-corrected chi connectivity index (χ4v) is 3.36. The molecular formula is C21H20Cl2N6O2. The summed E-state index contributed by atoms with van der Waals surface area (Å²) in [6, 6.07) is 14.3. The zero-order valence-electron chi connectivity index (χ0n) is 16.3. The van der Waals surface area contributed by atoms with Gasteiger partial charge in [0.2, 0.25) is 11.9 Å². The number of carbonyl (C=O) groups excluding carboxylic acids is 2. The molecule has 4 N–H and O–H groups in total. The quantitative estimate of drug-likeness (QED) is 0.508. The van der Waals surface area contributed by atoms with E-state index in [1.165, 1.54) is 6.20 Å². The molecular weight excluding hydrogens is 439 g/mol. The van der Waals surface area contributed by atoms with Gasteiger partial charge in [-0.2, -0.15) is 4.98 Å².